The van der Waals surface area contributed by atoms with Crippen molar-refractivity contribution < 1.29 is 29.0 Å². The first-order chi connectivity index (χ1) is 25.7. The number of rotatable bonds is 14. The van der Waals surface area contributed by atoms with Gasteiger partial charge in [0.25, 0.3) is 5.91 Å². The van der Waals surface area contributed by atoms with Gasteiger partial charge in [0.05, 0.1) is 25.0 Å². The first-order valence-corrected chi connectivity index (χ1v) is 18.5. The Morgan fingerprint density at radius 2 is 1.62 bits per heavy atom. The molecule has 1 fully saturated rings. The van der Waals surface area contributed by atoms with Crippen molar-refractivity contribution in [3.8, 4) is 17.2 Å². The van der Waals surface area contributed by atoms with Crippen LogP contribution in [0.4, 0.5) is 5.69 Å². The fourth-order valence-electron chi connectivity index (χ4n) is 7.21. The molecule has 2 heterocycles. The second-order valence-corrected chi connectivity index (χ2v) is 14.4. The van der Waals surface area contributed by atoms with E-state index in [9.17, 15) is 19.5 Å². The number of phenolic OH excluding ortho intramolecular Hbond substituents is 1. The third-order valence-corrected chi connectivity index (χ3v) is 10.0. The maximum atomic E-state index is 14.8. The van der Waals surface area contributed by atoms with Crippen LogP contribution in [0, 0.1) is 5.92 Å². The van der Waals surface area contributed by atoms with Gasteiger partial charge in [0.1, 0.15) is 29.3 Å². The van der Waals surface area contributed by atoms with E-state index in [0.717, 1.165) is 49.4 Å². The molecule has 2 atom stereocenters. The van der Waals surface area contributed by atoms with Gasteiger partial charge in [0.2, 0.25) is 11.8 Å². The Morgan fingerprint density at radius 3 is 2.34 bits per heavy atom. The molecule has 4 aromatic rings. The number of phenols is 1. The van der Waals surface area contributed by atoms with E-state index in [1.807, 2.05) is 56.3 Å². The summed E-state index contributed by atoms with van der Waals surface area (Å²) < 4.78 is 11.5. The lowest BCUT2D eigenvalue weighted by atomic mass is 9.95. The van der Waals surface area contributed by atoms with Crippen molar-refractivity contribution in [2.75, 3.05) is 32.1 Å². The minimum Gasteiger partial charge on any atom is -0.508 e. The Bertz CT molecular complexity index is 1860. The van der Waals surface area contributed by atoms with Gasteiger partial charge in [-0.2, -0.15) is 0 Å². The highest BCUT2D eigenvalue weighted by molar-refractivity contribution is 6.11. The molecule has 6 rings (SSSR count). The highest BCUT2D eigenvalue weighted by Crippen LogP contribution is 2.32. The number of hydrogen-bond donors (Lipinski definition) is 3. The van der Waals surface area contributed by atoms with Crippen molar-refractivity contribution in [3.05, 3.63) is 119 Å². The van der Waals surface area contributed by atoms with Crippen LogP contribution in [0.5, 0.6) is 17.2 Å². The number of piperidine rings is 1. The number of anilines is 1. The zero-order valence-corrected chi connectivity index (χ0v) is 30.8. The van der Waals surface area contributed by atoms with Crippen LogP contribution in [-0.4, -0.2) is 77.6 Å². The average molecular weight is 719 g/mol. The van der Waals surface area contributed by atoms with E-state index in [1.54, 1.807) is 49.6 Å². The average Bonchev–Trinajstić information content (AvgIpc) is 3.25. The highest BCUT2D eigenvalue weighted by atomic mass is 16.5. The number of nitrogens with one attached hydrogen (secondary N) is 2. The minimum absolute atomic E-state index is 0.0486. The number of amides is 3. The summed E-state index contributed by atoms with van der Waals surface area (Å²) in [4.78, 5) is 47.3. The van der Waals surface area contributed by atoms with Gasteiger partial charge >= 0.3 is 0 Å². The monoisotopic (exact) mass is 718 g/mol. The maximum Gasteiger partial charge on any atom is 0.257 e. The number of fused-ring (bicyclic) bond motifs is 1. The molecular formula is C43H50N4O6. The molecule has 1 saturated heterocycles. The molecule has 0 spiro atoms. The van der Waals surface area contributed by atoms with E-state index < -0.39 is 18.0 Å². The quantitative estimate of drug-likeness (QED) is 0.142. The molecule has 0 saturated carbocycles. The minimum atomic E-state index is -0.987. The molecule has 10 heteroatoms. The van der Waals surface area contributed by atoms with Gasteiger partial charge in [-0.3, -0.25) is 19.3 Å². The zero-order valence-electron chi connectivity index (χ0n) is 30.8. The van der Waals surface area contributed by atoms with Crippen molar-refractivity contribution in [3.63, 3.8) is 0 Å². The van der Waals surface area contributed by atoms with Crippen LogP contribution in [0.25, 0.3) is 0 Å². The van der Waals surface area contributed by atoms with Gasteiger partial charge < -0.3 is 30.1 Å². The number of nitrogens with zero attached hydrogens (tertiary/aromatic N) is 2. The van der Waals surface area contributed by atoms with Crippen LogP contribution >= 0.6 is 0 Å². The molecule has 10 nitrogen and oxygen atoms in total. The molecule has 3 N–H and O–H groups in total. The van der Waals surface area contributed by atoms with Crippen molar-refractivity contribution in [1.82, 2.24) is 15.1 Å². The van der Waals surface area contributed by atoms with Gasteiger partial charge in [-0.1, -0.05) is 68.4 Å². The molecule has 0 radical (unpaired) electrons. The Morgan fingerprint density at radius 1 is 0.887 bits per heavy atom. The molecule has 2 aliphatic rings. The fourth-order valence-corrected chi connectivity index (χ4v) is 7.21. The Labute approximate surface area is 312 Å². The highest BCUT2D eigenvalue weighted by Gasteiger charge is 2.43. The lowest BCUT2D eigenvalue weighted by molar-refractivity contribution is -0.130. The molecule has 0 bridgehead atoms. The third-order valence-electron chi connectivity index (χ3n) is 10.0. The molecular weight excluding hydrogens is 668 g/mol. The number of benzene rings is 4. The summed E-state index contributed by atoms with van der Waals surface area (Å²) in [6, 6.07) is 27.9. The van der Waals surface area contributed by atoms with E-state index in [1.165, 1.54) is 10.5 Å². The number of aromatic hydroxyl groups is 1. The van der Waals surface area contributed by atoms with E-state index >= 15 is 0 Å². The lowest BCUT2D eigenvalue weighted by Crippen LogP contribution is -2.59. The van der Waals surface area contributed by atoms with Crippen LogP contribution < -0.4 is 20.1 Å². The number of ether oxygens (including phenoxy) is 2. The Hall–Kier alpha value is -5.35. The maximum absolute atomic E-state index is 14.8. The van der Waals surface area contributed by atoms with E-state index in [0.29, 0.717) is 30.9 Å². The number of likely N-dealkylation sites (tertiary alicyclic amines) is 1. The first kappa shape index (κ1) is 37.4. The van der Waals surface area contributed by atoms with Crippen LogP contribution in [0.15, 0.2) is 97.1 Å². The summed E-state index contributed by atoms with van der Waals surface area (Å²) >= 11 is 0. The summed E-state index contributed by atoms with van der Waals surface area (Å²) in [5.74, 6) is 0.350. The predicted molar refractivity (Wildman–Crippen MR) is 205 cm³/mol. The van der Waals surface area contributed by atoms with Crippen LogP contribution in [0.2, 0.25) is 0 Å². The van der Waals surface area contributed by atoms with Crippen molar-refractivity contribution >= 4 is 23.4 Å². The summed E-state index contributed by atoms with van der Waals surface area (Å²) in [6.45, 7) is 6.94. The Balaban J connectivity index is 1.24. The number of hydrogen-bond acceptors (Lipinski definition) is 7. The third kappa shape index (κ3) is 9.75. The second kappa shape index (κ2) is 17.4. The van der Waals surface area contributed by atoms with Crippen LogP contribution in [0.3, 0.4) is 0 Å². The predicted octanol–water partition coefficient (Wildman–Crippen LogP) is 6.22. The van der Waals surface area contributed by atoms with Gasteiger partial charge in [0, 0.05) is 38.5 Å². The normalized spacial score (nSPS) is 17.1. The van der Waals surface area contributed by atoms with Crippen molar-refractivity contribution in [2.45, 2.75) is 70.6 Å². The number of carbonyl (C=O) groups is 3. The molecule has 278 valence electrons. The molecule has 4 aromatic carbocycles. The molecule has 0 aliphatic carbocycles. The smallest absolute Gasteiger partial charge is 0.257 e. The second-order valence-electron chi connectivity index (χ2n) is 14.4. The molecule has 2 aliphatic heterocycles. The Kier molecular flexibility index (Phi) is 12.3. The fraction of sp³-hybridized carbons (Fsp3) is 0.372. The van der Waals surface area contributed by atoms with Gasteiger partial charge in [-0.15, -0.1) is 0 Å². The molecule has 3 amide bonds. The number of carbonyl (C=O) groups excluding carboxylic acids is 3. The van der Waals surface area contributed by atoms with Crippen LogP contribution in [-0.2, 0) is 29.0 Å². The van der Waals surface area contributed by atoms with Gasteiger partial charge in [0.15, 0.2) is 0 Å². The lowest BCUT2D eigenvalue weighted by Gasteiger charge is -2.38. The van der Waals surface area contributed by atoms with Crippen molar-refractivity contribution in [1.29, 1.82) is 0 Å². The van der Waals surface area contributed by atoms with E-state index in [4.69, 9.17) is 9.47 Å². The standard InChI is InChI=1S/C43H50N4O6/c1-29(2)24-39(41(49)44-33-18-21-46(22-19-33)28-32-8-5-4-6-9-32)47-40(26-31-12-14-34(48)15-13-31)42(50)45-38-17-16-36(27-37(38)43(47)51)53-23-20-30-10-7-11-35(25-30)52-3/h4-17,25,27,29,33,39-40,48H,18-24,26,28H2,1-3H3,(H,44,49)(H,45,50)/t39?,40-/m0/s1. The number of methoxy groups -OCH3 is 1. The SMILES string of the molecule is COc1cccc(CCOc2ccc3c(c2)C(=O)N(C(CC(C)C)C(=O)NC2CCN(Cc4ccccc4)CC2)[C@@H](Cc2ccc(O)cc2)C(=O)N3)c1. The largest absolute Gasteiger partial charge is 0.508 e. The molecule has 53 heavy (non-hydrogen) atoms. The summed E-state index contributed by atoms with van der Waals surface area (Å²) in [5.41, 5.74) is 3.70. The summed E-state index contributed by atoms with van der Waals surface area (Å²) in [5, 5.41) is 16.2. The molecule has 1 unspecified atom stereocenters. The summed E-state index contributed by atoms with van der Waals surface area (Å²) in [7, 11) is 1.63. The molecule has 0 aromatic heterocycles. The van der Waals surface area contributed by atoms with Gasteiger partial charge in [-0.25, -0.2) is 0 Å². The van der Waals surface area contributed by atoms with E-state index in [2.05, 4.69) is 27.7 Å². The summed E-state index contributed by atoms with van der Waals surface area (Å²) in [6.07, 6.45) is 2.74. The topological polar surface area (TPSA) is 120 Å². The van der Waals surface area contributed by atoms with Crippen molar-refractivity contribution in [2.24, 2.45) is 5.92 Å². The zero-order chi connectivity index (χ0) is 37.3. The van der Waals surface area contributed by atoms with Crippen LogP contribution in [0.1, 0.15) is 60.2 Å². The van der Waals surface area contributed by atoms with E-state index in [-0.39, 0.29) is 41.5 Å². The first-order valence-electron chi connectivity index (χ1n) is 18.5. The van der Waals surface area contributed by atoms with Gasteiger partial charge in [-0.05, 0) is 84.3 Å².